The highest BCUT2D eigenvalue weighted by Gasteiger charge is 2.48. The molecule has 0 bridgehead atoms. The number of hydrogen-bond acceptors (Lipinski definition) is 3. The average molecular weight is 330 g/mol. The number of carbonyl (C=O) groups is 2. The molecule has 3 aliphatic rings. The van der Waals surface area contributed by atoms with Gasteiger partial charge in [0.1, 0.15) is 0 Å². The molecule has 1 aliphatic carbocycles. The molecule has 4 rings (SSSR count). The Balaban J connectivity index is 1.50. The maximum Gasteiger partial charge on any atom is 0.334 e. The van der Waals surface area contributed by atoms with Crippen molar-refractivity contribution in [1.82, 2.24) is 9.80 Å². The summed E-state index contributed by atoms with van der Waals surface area (Å²) in [6, 6.07) is 8.11. The maximum absolute atomic E-state index is 13.0. The highest BCUT2D eigenvalue weighted by molar-refractivity contribution is 5.78. The number of carboxylic acids is 1. The van der Waals surface area contributed by atoms with Crippen LogP contribution in [0.1, 0.15) is 30.4 Å². The van der Waals surface area contributed by atoms with Crippen LogP contribution in [-0.2, 0) is 22.5 Å². The fraction of sp³-hybridized carbons (Fsp3) is 0.556. The fourth-order valence-electron chi connectivity index (χ4n) is 3.97. The third-order valence-electron chi connectivity index (χ3n) is 5.47. The molecule has 1 aromatic rings. The standard InChI is InChI=1S/C18H22N2O4/c21-16(22)15-11-20(12-18(24-15)7-3-8-18)17(23)19-9-6-13-4-1-2-5-14(13)10-19/h1-2,4-5,15H,3,6-12H2,(H,21,22). The number of ether oxygens (including phenoxy) is 1. The lowest BCUT2D eigenvalue weighted by Crippen LogP contribution is -2.63. The lowest BCUT2D eigenvalue weighted by molar-refractivity contribution is -0.200. The third kappa shape index (κ3) is 2.65. The average Bonchev–Trinajstić information content (AvgIpc) is 2.58. The van der Waals surface area contributed by atoms with Crippen LogP contribution in [-0.4, -0.2) is 58.2 Å². The lowest BCUT2D eigenvalue weighted by Gasteiger charge is -2.51. The number of carbonyl (C=O) groups excluding carboxylic acids is 1. The van der Waals surface area contributed by atoms with E-state index in [-0.39, 0.29) is 12.6 Å². The highest BCUT2D eigenvalue weighted by atomic mass is 16.5. The summed E-state index contributed by atoms with van der Waals surface area (Å²) < 4.78 is 5.78. The normalized spacial score (nSPS) is 25.1. The van der Waals surface area contributed by atoms with Crippen LogP contribution in [0, 0.1) is 0 Å². The zero-order chi connectivity index (χ0) is 16.7. The van der Waals surface area contributed by atoms with Gasteiger partial charge in [0.25, 0.3) is 0 Å². The number of benzene rings is 1. The van der Waals surface area contributed by atoms with Gasteiger partial charge in [0, 0.05) is 13.1 Å². The van der Waals surface area contributed by atoms with Gasteiger partial charge < -0.3 is 19.6 Å². The molecule has 2 aliphatic heterocycles. The number of nitrogens with zero attached hydrogens (tertiary/aromatic N) is 2. The number of amides is 2. The van der Waals surface area contributed by atoms with Crippen molar-refractivity contribution < 1.29 is 19.4 Å². The van der Waals surface area contributed by atoms with Gasteiger partial charge in [-0.2, -0.15) is 0 Å². The first-order chi connectivity index (χ1) is 11.6. The number of carboxylic acid groups (broad SMARTS) is 1. The molecule has 24 heavy (non-hydrogen) atoms. The van der Waals surface area contributed by atoms with Gasteiger partial charge in [-0.05, 0) is 36.8 Å². The molecule has 6 heteroatoms. The van der Waals surface area contributed by atoms with Crippen molar-refractivity contribution in [1.29, 1.82) is 0 Å². The lowest BCUT2D eigenvalue weighted by atomic mass is 9.78. The van der Waals surface area contributed by atoms with E-state index in [4.69, 9.17) is 4.74 Å². The fourth-order valence-corrected chi connectivity index (χ4v) is 3.97. The Morgan fingerprint density at radius 3 is 2.58 bits per heavy atom. The van der Waals surface area contributed by atoms with E-state index in [0.29, 0.717) is 19.6 Å². The molecule has 1 unspecified atom stereocenters. The van der Waals surface area contributed by atoms with E-state index in [2.05, 4.69) is 12.1 Å². The summed E-state index contributed by atoms with van der Waals surface area (Å²) in [4.78, 5) is 27.9. The van der Waals surface area contributed by atoms with Gasteiger partial charge in [-0.1, -0.05) is 24.3 Å². The van der Waals surface area contributed by atoms with Crippen molar-refractivity contribution in [3.8, 4) is 0 Å². The highest BCUT2D eigenvalue weighted by Crippen LogP contribution is 2.40. The van der Waals surface area contributed by atoms with Crippen molar-refractivity contribution >= 4 is 12.0 Å². The topological polar surface area (TPSA) is 70.1 Å². The van der Waals surface area contributed by atoms with Crippen LogP contribution in [0.3, 0.4) is 0 Å². The monoisotopic (exact) mass is 330 g/mol. The van der Waals surface area contributed by atoms with Crippen molar-refractivity contribution in [3.05, 3.63) is 35.4 Å². The Hall–Kier alpha value is -2.08. The molecule has 0 aromatic heterocycles. The number of urea groups is 1. The first kappa shape index (κ1) is 15.4. The number of morpholine rings is 1. The molecule has 1 atom stereocenters. The van der Waals surface area contributed by atoms with E-state index < -0.39 is 17.7 Å². The number of rotatable bonds is 1. The van der Waals surface area contributed by atoms with Crippen molar-refractivity contribution in [2.75, 3.05) is 19.6 Å². The summed E-state index contributed by atoms with van der Waals surface area (Å²) in [5.41, 5.74) is 2.03. The number of aliphatic carboxylic acids is 1. The van der Waals surface area contributed by atoms with E-state index in [9.17, 15) is 14.7 Å². The number of fused-ring (bicyclic) bond motifs is 1. The van der Waals surface area contributed by atoms with E-state index in [0.717, 1.165) is 25.7 Å². The predicted octanol–water partition coefficient (Wildman–Crippen LogP) is 1.87. The van der Waals surface area contributed by atoms with E-state index in [1.807, 2.05) is 17.0 Å². The Morgan fingerprint density at radius 1 is 1.17 bits per heavy atom. The Labute approximate surface area is 141 Å². The maximum atomic E-state index is 13.0. The van der Waals surface area contributed by atoms with Crippen LogP contribution in [0.5, 0.6) is 0 Å². The second-order valence-electron chi connectivity index (χ2n) is 7.08. The quantitative estimate of drug-likeness (QED) is 0.853. The van der Waals surface area contributed by atoms with Crippen LogP contribution >= 0.6 is 0 Å². The molecule has 6 nitrogen and oxygen atoms in total. The minimum Gasteiger partial charge on any atom is -0.479 e. The number of hydrogen-bond donors (Lipinski definition) is 1. The van der Waals surface area contributed by atoms with Crippen molar-refractivity contribution in [2.45, 2.75) is 43.9 Å². The summed E-state index contributed by atoms with van der Waals surface area (Å²) in [5.74, 6) is -0.984. The third-order valence-corrected chi connectivity index (χ3v) is 5.47. The van der Waals surface area contributed by atoms with Gasteiger partial charge in [0.2, 0.25) is 0 Å². The molecule has 1 N–H and O–H groups in total. The molecule has 2 amide bonds. The summed E-state index contributed by atoms with van der Waals surface area (Å²) >= 11 is 0. The Kier molecular flexibility index (Phi) is 3.72. The van der Waals surface area contributed by atoms with Crippen molar-refractivity contribution in [2.24, 2.45) is 0 Å². The summed E-state index contributed by atoms with van der Waals surface area (Å²) in [6.07, 6.45) is 2.64. The minimum absolute atomic E-state index is 0.0645. The first-order valence-electron chi connectivity index (χ1n) is 8.58. The van der Waals surface area contributed by atoms with E-state index in [1.54, 1.807) is 4.90 Å². The van der Waals surface area contributed by atoms with E-state index >= 15 is 0 Å². The van der Waals surface area contributed by atoms with Crippen LogP contribution in [0.2, 0.25) is 0 Å². The van der Waals surface area contributed by atoms with Crippen LogP contribution in [0.15, 0.2) is 24.3 Å². The summed E-state index contributed by atoms with van der Waals surface area (Å²) in [5, 5.41) is 9.35. The zero-order valence-corrected chi connectivity index (χ0v) is 13.6. The Bertz CT molecular complexity index is 671. The van der Waals surface area contributed by atoms with Gasteiger partial charge in [-0.15, -0.1) is 0 Å². The second kappa shape index (κ2) is 5.77. The molecular formula is C18H22N2O4. The SMILES string of the molecule is O=C(O)C1CN(C(=O)N2CCc3ccccc3C2)CC2(CCC2)O1. The van der Waals surface area contributed by atoms with Crippen LogP contribution in [0.4, 0.5) is 4.79 Å². The van der Waals surface area contributed by atoms with Gasteiger partial charge in [-0.25, -0.2) is 9.59 Å². The Morgan fingerprint density at radius 2 is 1.92 bits per heavy atom. The second-order valence-corrected chi connectivity index (χ2v) is 7.08. The van der Waals surface area contributed by atoms with Gasteiger partial charge in [-0.3, -0.25) is 0 Å². The summed E-state index contributed by atoms with van der Waals surface area (Å²) in [7, 11) is 0. The zero-order valence-electron chi connectivity index (χ0n) is 13.6. The molecule has 2 heterocycles. The first-order valence-corrected chi connectivity index (χ1v) is 8.58. The molecule has 2 fully saturated rings. The van der Waals surface area contributed by atoms with E-state index in [1.165, 1.54) is 11.1 Å². The van der Waals surface area contributed by atoms with Crippen molar-refractivity contribution in [3.63, 3.8) is 0 Å². The predicted molar refractivity (Wildman–Crippen MR) is 86.6 cm³/mol. The van der Waals surface area contributed by atoms with Gasteiger partial charge >= 0.3 is 12.0 Å². The molecule has 1 aromatic carbocycles. The molecular weight excluding hydrogens is 308 g/mol. The molecule has 128 valence electrons. The largest absolute Gasteiger partial charge is 0.479 e. The molecule has 1 saturated carbocycles. The molecule has 0 radical (unpaired) electrons. The van der Waals surface area contributed by atoms with Crippen LogP contribution < -0.4 is 0 Å². The van der Waals surface area contributed by atoms with Gasteiger partial charge in [0.15, 0.2) is 6.10 Å². The van der Waals surface area contributed by atoms with Crippen LogP contribution in [0.25, 0.3) is 0 Å². The van der Waals surface area contributed by atoms with Gasteiger partial charge in [0.05, 0.1) is 18.7 Å². The molecule has 1 saturated heterocycles. The molecule has 1 spiro atoms. The minimum atomic E-state index is -0.984. The summed E-state index contributed by atoms with van der Waals surface area (Å²) in [6.45, 7) is 1.91. The smallest absolute Gasteiger partial charge is 0.334 e.